The van der Waals surface area contributed by atoms with Gasteiger partial charge in [0.1, 0.15) is 17.1 Å². The highest BCUT2D eigenvalue weighted by Crippen LogP contribution is 2.38. The highest BCUT2D eigenvalue weighted by atomic mass is 16.5. The molecule has 0 radical (unpaired) electrons. The quantitative estimate of drug-likeness (QED) is 0.259. The largest absolute Gasteiger partial charge is 0.488 e. The van der Waals surface area contributed by atoms with Crippen molar-refractivity contribution < 1.29 is 14.3 Å². The van der Waals surface area contributed by atoms with E-state index >= 15 is 0 Å². The van der Waals surface area contributed by atoms with Crippen LogP contribution in [0.4, 0.5) is 0 Å². The van der Waals surface area contributed by atoms with Crippen molar-refractivity contribution in [1.82, 2.24) is 0 Å². The molecule has 0 aliphatic rings. The molecule has 0 fully saturated rings. The van der Waals surface area contributed by atoms with Crippen LogP contribution in [0.2, 0.25) is 0 Å². The normalized spacial score (nSPS) is 12.8. The van der Waals surface area contributed by atoms with Crippen LogP contribution >= 0.6 is 0 Å². The Morgan fingerprint density at radius 1 is 0.556 bits per heavy atom. The predicted octanol–water partition coefficient (Wildman–Crippen LogP) is 8.47. The van der Waals surface area contributed by atoms with E-state index in [1.807, 2.05) is 32.9 Å². The Balaban J connectivity index is 1.85. The maximum absolute atomic E-state index is 12.2. The summed E-state index contributed by atoms with van der Waals surface area (Å²) in [7, 11) is 0. The molecule has 0 N–H and O–H groups in total. The molecule has 0 saturated carbocycles. The second-order valence-electron chi connectivity index (χ2n) is 12.7. The molecule has 0 heterocycles. The lowest BCUT2D eigenvalue weighted by molar-refractivity contribution is -0.143. The summed E-state index contributed by atoms with van der Waals surface area (Å²) in [6.07, 6.45) is 0. The van der Waals surface area contributed by atoms with Gasteiger partial charge in [0.15, 0.2) is 0 Å². The van der Waals surface area contributed by atoms with Gasteiger partial charge in [-0.15, -0.1) is 0 Å². The summed E-state index contributed by atoms with van der Waals surface area (Å²) >= 11 is 0. The van der Waals surface area contributed by atoms with E-state index in [0.717, 1.165) is 11.3 Å². The second-order valence-corrected chi connectivity index (χ2v) is 12.7. The Morgan fingerprint density at radius 3 is 1.36 bits per heavy atom. The molecule has 0 atom stereocenters. The van der Waals surface area contributed by atoms with Crippen LogP contribution in [-0.4, -0.2) is 11.6 Å². The Morgan fingerprint density at radius 2 is 0.972 bits per heavy atom. The van der Waals surface area contributed by atoms with Crippen molar-refractivity contribution in [2.24, 2.45) is 5.41 Å². The molecule has 3 nitrogen and oxygen atoms in total. The minimum atomic E-state index is -0.537. The van der Waals surface area contributed by atoms with Gasteiger partial charge in [-0.1, -0.05) is 76.2 Å². The predicted molar refractivity (Wildman–Crippen MR) is 149 cm³/mol. The van der Waals surface area contributed by atoms with Crippen LogP contribution in [0.15, 0.2) is 72.8 Å². The minimum Gasteiger partial charge on any atom is -0.488 e. The van der Waals surface area contributed by atoms with E-state index < -0.39 is 5.41 Å². The van der Waals surface area contributed by atoms with Gasteiger partial charge in [0.25, 0.3) is 0 Å². The lowest BCUT2D eigenvalue weighted by Gasteiger charge is -2.31. The minimum absolute atomic E-state index is 0.169. The zero-order valence-corrected chi connectivity index (χ0v) is 23.7. The highest BCUT2D eigenvalue weighted by Gasteiger charge is 2.29. The van der Waals surface area contributed by atoms with Crippen molar-refractivity contribution in [3.8, 4) is 11.5 Å². The van der Waals surface area contributed by atoms with E-state index in [-0.39, 0.29) is 22.4 Å². The molecule has 192 valence electrons. The van der Waals surface area contributed by atoms with Crippen molar-refractivity contribution >= 4 is 5.97 Å². The number of carbonyl (C=O) groups is 1. The maximum atomic E-state index is 12.2. The third kappa shape index (κ3) is 6.37. The van der Waals surface area contributed by atoms with E-state index in [2.05, 4.69) is 109 Å². The summed E-state index contributed by atoms with van der Waals surface area (Å²) in [5.74, 6) is 1.22. The molecule has 3 aromatic rings. The van der Waals surface area contributed by atoms with E-state index in [1.54, 1.807) is 0 Å². The van der Waals surface area contributed by atoms with Crippen molar-refractivity contribution in [2.45, 2.75) is 85.7 Å². The number of hydrogen-bond acceptors (Lipinski definition) is 3. The fourth-order valence-electron chi connectivity index (χ4n) is 4.12. The first kappa shape index (κ1) is 27.5. The van der Waals surface area contributed by atoms with E-state index in [1.165, 1.54) is 16.7 Å². The fraction of sp³-hybridized carbons (Fsp3) is 0.424. The molecule has 0 aliphatic heterocycles. The Bertz CT molecular complexity index is 1190. The van der Waals surface area contributed by atoms with Crippen molar-refractivity contribution in [3.63, 3.8) is 0 Å². The molecule has 0 aromatic heterocycles. The van der Waals surface area contributed by atoms with Gasteiger partial charge in [-0.2, -0.15) is 0 Å². The molecule has 3 aromatic carbocycles. The van der Waals surface area contributed by atoms with Crippen LogP contribution in [0.1, 0.15) is 91.5 Å². The van der Waals surface area contributed by atoms with Crippen molar-refractivity contribution in [3.05, 3.63) is 95.1 Å². The average molecular weight is 487 g/mol. The molecule has 0 spiro atoms. The van der Waals surface area contributed by atoms with Crippen LogP contribution in [0, 0.1) is 5.41 Å². The summed E-state index contributed by atoms with van der Waals surface area (Å²) in [5.41, 5.74) is 3.75. The van der Waals surface area contributed by atoms with Gasteiger partial charge < -0.3 is 9.47 Å². The smallest absolute Gasteiger partial charge is 0.316 e. The number of carbonyl (C=O) groups excluding carboxylic acids is 1. The molecule has 3 heteroatoms. The summed E-state index contributed by atoms with van der Waals surface area (Å²) < 4.78 is 11.6. The first-order valence-corrected chi connectivity index (χ1v) is 12.7. The van der Waals surface area contributed by atoms with Crippen LogP contribution in [-0.2, 0) is 15.6 Å². The van der Waals surface area contributed by atoms with E-state index in [4.69, 9.17) is 9.47 Å². The van der Waals surface area contributed by atoms with Gasteiger partial charge in [0.05, 0.1) is 5.41 Å². The van der Waals surface area contributed by atoms with Crippen molar-refractivity contribution in [2.75, 3.05) is 0 Å². The van der Waals surface area contributed by atoms with E-state index in [9.17, 15) is 4.79 Å². The fourth-order valence-corrected chi connectivity index (χ4v) is 4.12. The van der Waals surface area contributed by atoms with Crippen molar-refractivity contribution in [1.29, 1.82) is 0 Å². The van der Waals surface area contributed by atoms with Gasteiger partial charge in [-0.05, 0) is 88.1 Å². The SMILES string of the molecule is CC(C)(C)Oc1ccc(C(C)(C)c2cccc(C(C)(C)c3ccc(OC(=O)C(C)(C)C)cc3)c2)cc1. The molecular weight excluding hydrogens is 444 g/mol. The zero-order chi connectivity index (χ0) is 26.9. The number of rotatable bonds is 6. The van der Waals surface area contributed by atoms with Crippen LogP contribution in [0.5, 0.6) is 11.5 Å². The molecule has 0 saturated heterocycles. The number of benzene rings is 3. The topological polar surface area (TPSA) is 35.5 Å². The van der Waals surface area contributed by atoms with Crippen LogP contribution in [0.25, 0.3) is 0 Å². The molecule has 0 amide bonds. The molecule has 0 unspecified atom stereocenters. The Labute approximate surface area is 217 Å². The van der Waals surface area contributed by atoms with Crippen LogP contribution in [0.3, 0.4) is 0 Å². The molecule has 0 aliphatic carbocycles. The summed E-state index contributed by atoms with van der Waals surface area (Å²) in [4.78, 5) is 12.2. The highest BCUT2D eigenvalue weighted by molar-refractivity contribution is 5.77. The van der Waals surface area contributed by atoms with E-state index in [0.29, 0.717) is 5.75 Å². The first-order valence-electron chi connectivity index (χ1n) is 12.7. The summed E-state index contributed by atoms with van der Waals surface area (Å²) in [6.45, 7) is 20.7. The monoisotopic (exact) mass is 486 g/mol. The van der Waals surface area contributed by atoms with Gasteiger partial charge in [-0.25, -0.2) is 0 Å². The number of ether oxygens (including phenoxy) is 2. The Kier molecular flexibility index (Phi) is 7.46. The first-order chi connectivity index (χ1) is 16.5. The van der Waals surface area contributed by atoms with Gasteiger partial charge in [-0.3, -0.25) is 4.79 Å². The molecule has 36 heavy (non-hydrogen) atoms. The third-order valence-electron chi connectivity index (χ3n) is 6.70. The van der Waals surface area contributed by atoms with Gasteiger partial charge in [0.2, 0.25) is 0 Å². The number of hydrogen-bond donors (Lipinski definition) is 0. The maximum Gasteiger partial charge on any atom is 0.316 e. The number of esters is 1. The lowest BCUT2D eigenvalue weighted by atomic mass is 9.73. The lowest BCUT2D eigenvalue weighted by Crippen LogP contribution is -2.25. The molecular formula is C33H42O3. The average Bonchev–Trinajstić information content (AvgIpc) is 2.78. The van der Waals surface area contributed by atoms with Crippen LogP contribution < -0.4 is 9.47 Å². The second kappa shape index (κ2) is 9.76. The third-order valence-corrected chi connectivity index (χ3v) is 6.70. The zero-order valence-electron chi connectivity index (χ0n) is 23.7. The summed E-state index contributed by atoms with van der Waals surface area (Å²) in [5, 5.41) is 0. The molecule has 3 rings (SSSR count). The summed E-state index contributed by atoms with van der Waals surface area (Å²) in [6, 6.07) is 25.2. The standard InChI is InChI=1S/C33H42O3/c1-30(2,3)29(34)35-27-18-14-23(15-19-27)32(7,8)25-12-11-13-26(22-25)33(9,10)24-16-20-28(21-17-24)36-31(4,5)6/h11-22H,1-10H3. The molecule has 0 bridgehead atoms. The van der Waals surface area contributed by atoms with Gasteiger partial charge in [0, 0.05) is 10.8 Å². The Hall–Kier alpha value is -3.07. The van der Waals surface area contributed by atoms with Gasteiger partial charge >= 0.3 is 5.97 Å².